The van der Waals surface area contributed by atoms with E-state index in [0.29, 0.717) is 0 Å². The molecule has 1 atom stereocenters. The molecule has 0 N–H and O–H groups in total. The average molecular weight is 241 g/mol. The van der Waals surface area contributed by atoms with Gasteiger partial charge in [0.15, 0.2) is 0 Å². The molecule has 1 saturated heterocycles. The largest absolute Gasteiger partial charge is 0.355 e. The Morgan fingerprint density at radius 1 is 1.33 bits per heavy atom. The molecule has 1 aromatic carbocycles. The second-order valence-corrected chi connectivity index (χ2v) is 4.76. The van der Waals surface area contributed by atoms with Crippen LogP contribution in [0.2, 0.25) is 0 Å². The van der Waals surface area contributed by atoms with Crippen molar-refractivity contribution >= 4 is 22.6 Å². The minimum absolute atomic E-state index is 0.151. The zero-order valence-corrected chi connectivity index (χ0v) is 10.3. The van der Waals surface area contributed by atoms with Crippen molar-refractivity contribution in [1.82, 2.24) is 9.97 Å². The smallest absolute Gasteiger partial charge is 0.147 e. The normalized spacial score (nSPS) is 19.4. The number of ketones is 1. The molecule has 92 valence electrons. The van der Waals surface area contributed by atoms with Crippen LogP contribution in [0.4, 0.5) is 5.82 Å². The molecule has 0 unspecified atom stereocenters. The van der Waals surface area contributed by atoms with Crippen LogP contribution in [-0.4, -0.2) is 28.8 Å². The lowest BCUT2D eigenvalue weighted by molar-refractivity contribution is -0.120. The summed E-state index contributed by atoms with van der Waals surface area (Å²) >= 11 is 0. The lowest BCUT2D eigenvalue weighted by Gasteiger charge is -2.16. The first kappa shape index (κ1) is 11.1. The summed E-state index contributed by atoms with van der Waals surface area (Å²) in [5.74, 6) is 1.29. The Morgan fingerprint density at radius 3 is 2.83 bits per heavy atom. The van der Waals surface area contributed by atoms with Gasteiger partial charge in [-0.3, -0.25) is 9.78 Å². The van der Waals surface area contributed by atoms with E-state index < -0.39 is 0 Å². The minimum Gasteiger partial charge on any atom is -0.355 e. The van der Waals surface area contributed by atoms with Gasteiger partial charge in [0.05, 0.1) is 17.2 Å². The number of nitrogens with zero attached hydrogens (tertiary/aromatic N) is 3. The Kier molecular flexibility index (Phi) is 2.70. The number of hydrogen-bond donors (Lipinski definition) is 0. The number of carbonyl (C=O) groups excluding carboxylic acids is 1. The number of hydrogen-bond acceptors (Lipinski definition) is 4. The number of rotatable bonds is 2. The second-order valence-electron chi connectivity index (χ2n) is 4.76. The lowest BCUT2D eigenvalue weighted by Crippen LogP contribution is -2.22. The van der Waals surface area contributed by atoms with E-state index in [9.17, 15) is 4.79 Å². The van der Waals surface area contributed by atoms with Gasteiger partial charge in [0.25, 0.3) is 0 Å². The lowest BCUT2D eigenvalue weighted by atomic mass is 10.1. The molecular weight excluding hydrogens is 226 g/mol. The summed E-state index contributed by atoms with van der Waals surface area (Å²) in [6.45, 7) is 3.32. The van der Waals surface area contributed by atoms with E-state index in [1.807, 2.05) is 24.3 Å². The molecule has 0 amide bonds. The summed E-state index contributed by atoms with van der Waals surface area (Å²) in [7, 11) is 0. The van der Waals surface area contributed by atoms with Crippen molar-refractivity contribution in [2.75, 3.05) is 18.0 Å². The van der Waals surface area contributed by atoms with E-state index in [-0.39, 0.29) is 11.7 Å². The Hall–Kier alpha value is -1.97. The number of benzene rings is 1. The van der Waals surface area contributed by atoms with Crippen LogP contribution in [0.15, 0.2) is 30.5 Å². The molecule has 3 rings (SSSR count). The van der Waals surface area contributed by atoms with E-state index >= 15 is 0 Å². The van der Waals surface area contributed by atoms with Gasteiger partial charge < -0.3 is 4.90 Å². The van der Waals surface area contributed by atoms with Gasteiger partial charge in [0, 0.05) is 19.0 Å². The summed E-state index contributed by atoms with van der Waals surface area (Å²) in [6.07, 6.45) is 2.72. The molecule has 4 nitrogen and oxygen atoms in total. The Labute approximate surface area is 106 Å². The summed E-state index contributed by atoms with van der Waals surface area (Å²) in [6, 6.07) is 7.83. The molecule has 0 bridgehead atoms. The molecule has 0 spiro atoms. The van der Waals surface area contributed by atoms with Gasteiger partial charge >= 0.3 is 0 Å². The van der Waals surface area contributed by atoms with Crippen molar-refractivity contribution in [3.8, 4) is 0 Å². The topological polar surface area (TPSA) is 46.1 Å². The molecule has 1 fully saturated rings. The summed E-state index contributed by atoms with van der Waals surface area (Å²) < 4.78 is 0. The molecule has 1 aliphatic heterocycles. The highest BCUT2D eigenvalue weighted by molar-refractivity contribution is 5.80. The maximum absolute atomic E-state index is 11.4. The van der Waals surface area contributed by atoms with Crippen LogP contribution in [0, 0.1) is 5.92 Å². The standard InChI is InChI=1S/C14H15N3O/c1-10(18)11-6-7-17(9-11)14-8-15-12-4-2-3-5-13(12)16-14/h2-5,8,11H,6-7,9H2,1H3/t11-/m0/s1. The van der Waals surface area contributed by atoms with Gasteiger partial charge in [-0.2, -0.15) is 0 Å². The Morgan fingerprint density at radius 2 is 2.11 bits per heavy atom. The van der Waals surface area contributed by atoms with Crippen molar-refractivity contribution < 1.29 is 4.79 Å². The molecule has 2 aromatic rings. The monoisotopic (exact) mass is 241 g/mol. The zero-order valence-electron chi connectivity index (χ0n) is 10.3. The first-order valence-electron chi connectivity index (χ1n) is 6.21. The quantitative estimate of drug-likeness (QED) is 0.807. The molecule has 18 heavy (non-hydrogen) atoms. The predicted octanol–water partition coefficient (Wildman–Crippen LogP) is 2.05. The van der Waals surface area contributed by atoms with Crippen molar-refractivity contribution in [1.29, 1.82) is 0 Å². The van der Waals surface area contributed by atoms with Crippen LogP contribution in [0.1, 0.15) is 13.3 Å². The highest BCUT2D eigenvalue weighted by Gasteiger charge is 2.26. The van der Waals surface area contributed by atoms with Gasteiger partial charge in [-0.25, -0.2) is 4.98 Å². The third-order valence-electron chi connectivity index (χ3n) is 3.52. The fourth-order valence-corrected chi connectivity index (χ4v) is 2.40. The highest BCUT2D eigenvalue weighted by atomic mass is 16.1. The molecule has 2 heterocycles. The van der Waals surface area contributed by atoms with Crippen molar-refractivity contribution in [2.24, 2.45) is 5.92 Å². The molecule has 0 saturated carbocycles. The SMILES string of the molecule is CC(=O)[C@H]1CCN(c2cnc3ccccc3n2)C1. The van der Waals surface area contributed by atoms with E-state index in [2.05, 4.69) is 14.9 Å². The number of aromatic nitrogens is 2. The van der Waals surface area contributed by atoms with Gasteiger partial charge in [-0.1, -0.05) is 12.1 Å². The first-order valence-corrected chi connectivity index (χ1v) is 6.21. The number of para-hydroxylation sites is 2. The Balaban J connectivity index is 1.89. The third kappa shape index (κ3) is 1.94. The minimum atomic E-state index is 0.151. The van der Waals surface area contributed by atoms with Crippen LogP contribution in [0.25, 0.3) is 11.0 Å². The van der Waals surface area contributed by atoms with Crippen LogP contribution in [0.5, 0.6) is 0 Å². The van der Waals surface area contributed by atoms with Gasteiger partial charge in [0.2, 0.25) is 0 Å². The van der Waals surface area contributed by atoms with Crippen LogP contribution < -0.4 is 4.90 Å². The van der Waals surface area contributed by atoms with Crippen LogP contribution >= 0.6 is 0 Å². The molecule has 4 heteroatoms. The van der Waals surface area contributed by atoms with Crippen molar-refractivity contribution in [2.45, 2.75) is 13.3 Å². The van der Waals surface area contributed by atoms with E-state index in [0.717, 1.165) is 36.4 Å². The van der Waals surface area contributed by atoms with Crippen LogP contribution in [-0.2, 0) is 4.79 Å². The zero-order chi connectivity index (χ0) is 12.5. The number of Topliss-reactive ketones (excluding diaryl/α,β-unsaturated/α-hetero) is 1. The molecule has 1 aromatic heterocycles. The Bertz CT molecular complexity index is 596. The van der Waals surface area contributed by atoms with E-state index in [1.54, 1.807) is 13.1 Å². The van der Waals surface area contributed by atoms with Gasteiger partial charge in [-0.05, 0) is 25.5 Å². The molecular formula is C14H15N3O. The maximum atomic E-state index is 11.4. The molecule has 0 aliphatic carbocycles. The van der Waals surface area contributed by atoms with Gasteiger partial charge in [-0.15, -0.1) is 0 Å². The number of carbonyl (C=O) groups is 1. The summed E-state index contributed by atoms with van der Waals surface area (Å²) in [5.41, 5.74) is 1.81. The maximum Gasteiger partial charge on any atom is 0.147 e. The van der Waals surface area contributed by atoms with Crippen LogP contribution in [0.3, 0.4) is 0 Å². The number of fused-ring (bicyclic) bond motifs is 1. The van der Waals surface area contributed by atoms with Crippen molar-refractivity contribution in [3.63, 3.8) is 0 Å². The third-order valence-corrected chi connectivity index (χ3v) is 3.52. The van der Waals surface area contributed by atoms with Crippen molar-refractivity contribution in [3.05, 3.63) is 30.5 Å². The van der Waals surface area contributed by atoms with Gasteiger partial charge in [0.1, 0.15) is 11.6 Å². The first-order chi connectivity index (χ1) is 8.74. The van der Waals surface area contributed by atoms with E-state index in [1.165, 1.54) is 0 Å². The fraction of sp³-hybridized carbons (Fsp3) is 0.357. The average Bonchev–Trinajstić information content (AvgIpc) is 2.88. The number of anilines is 1. The summed E-state index contributed by atoms with van der Waals surface area (Å²) in [4.78, 5) is 22.5. The molecule has 0 radical (unpaired) electrons. The fourth-order valence-electron chi connectivity index (χ4n) is 2.40. The highest BCUT2D eigenvalue weighted by Crippen LogP contribution is 2.23. The second kappa shape index (κ2) is 4.37. The van der Waals surface area contributed by atoms with E-state index in [4.69, 9.17) is 0 Å². The summed E-state index contributed by atoms with van der Waals surface area (Å²) in [5, 5.41) is 0. The molecule has 1 aliphatic rings. The predicted molar refractivity (Wildman–Crippen MR) is 70.5 cm³/mol.